The first-order valence-corrected chi connectivity index (χ1v) is 8.57. The lowest BCUT2D eigenvalue weighted by molar-refractivity contribution is 0.0320. The summed E-state index contributed by atoms with van der Waals surface area (Å²) < 4.78 is 15.7. The van der Waals surface area contributed by atoms with Crippen LogP contribution in [0.5, 0.6) is 0 Å². The van der Waals surface area contributed by atoms with Gasteiger partial charge in [0.05, 0.1) is 26.4 Å². The monoisotopic (exact) mass is 330 g/mol. The first-order chi connectivity index (χ1) is 11.3. The number of guanidine groups is 1. The van der Waals surface area contributed by atoms with Crippen molar-refractivity contribution in [2.75, 3.05) is 79.9 Å². The van der Waals surface area contributed by atoms with Crippen LogP contribution in [-0.2, 0) is 14.2 Å². The molecule has 136 valence electrons. The van der Waals surface area contributed by atoms with E-state index in [4.69, 9.17) is 14.2 Å². The van der Waals surface area contributed by atoms with Gasteiger partial charge in [-0.25, -0.2) is 0 Å². The molecule has 1 unspecified atom stereocenters. The fraction of sp³-hybridized carbons (Fsp3) is 0.938. The van der Waals surface area contributed by atoms with Crippen molar-refractivity contribution < 1.29 is 14.2 Å². The number of rotatable bonds is 11. The van der Waals surface area contributed by atoms with Crippen molar-refractivity contribution in [3.8, 4) is 0 Å². The molecule has 0 spiro atoms. The first kappa shape index (κ1) is 20.2. The Labute approximate surface area is 140 Å². The van der Waals surface area contributed by atoms with Crippen LogP contribution in [0, 0.1) is 5.92 Å². The van der Waals surface area contributed by atoms with Gasteiger partial charge in [-0.1, -0.05) is 6.92 Å². The van der Waals surface area contributed by atoms with Gasteiger partial charge in [0.25, 0.3) is 0 Å². The highest BCUT2D eigenvalue weighted by atomic mass is 16.5. The number of nitrogens with one attached hydrogen (secondary N) is 2. The normalized spacial score (nSPS) is 18.0. The van der Waals surface area contributed by atoms with Crippen LogP contribution >= 0.6 is 0 Å². The molecule has 0 saturated carbocycles. The molecule has 1 aliphatic rings. The predicted molar refractivity (Wildman–Crippen MR) is 93.1 cm³/mol. The minimum Gasteiger partial charge on any atom is -0.382 e. The molecule has 1 atom stereocenters. The lowest BCUT2D eigenvalue weighted by Gasteiger charge is -2.29. The molecule has 7 heteroatoms. The molecule has 1 saturated heterocycles. The Balaban J connectivity index is 2.04. The number of aliphatic imine (C=N–C) groups is 1. The summed E-state index contributed by atoms with van der Waals surface area (Å²) in [4.78, 5) is 6.72. The average Bonchev–Trinajstić information content (AvgIpc) is 2.57. The molecule has 2 N–H and O–H groups in total. The van der Waals surface area contributed by atoms with Gasteiger partial charge in [0, 0.05) is 53.5 Å². The van der Waals surface area contributed by atoms with Gasteiger partial charge in [0.15, 0.2) is 5.96 Å². The molecular weight excluding hydrogens is 296 g/mol. The second-order valence-electron chi connectivity index (χ2n) is 5.86. The van der Waals surface area contributed by atoms with Gasteiger partial charge in [-0.3, -0.25) is 9.89 Å². The second kappa shape index (κ2) is 13.5. The van der Waals surface area contributed by atoms with Crippen LogP contribution in [0.25, 0.3) is 0 Å². The van der Waals surface area contributed by atoms with Crippen LogP contribution in [0.3, 0.4) is 0 Å². The van der Waals surface area contributed by atoms with Crippen molar-refractivity contribution in [3.05, 3.63) is 0 Å². The molecule has 1 aliphatic heterocycles. The number of hydrogen-bond donors (Lipinski definition) is 2. The third-order valence-electron chi connectivity index (χ3n) is 3.70. The maximum Gasteiger partial charge on any atom is 0.190 e. The van der Waals surface area contributed by atoms with E-state index in [9.17, 15) is 0 Å². The molecular formula is C16H34N4O3. The van der Waals surface area contributed by atoms with Crippen LogP contribution in [0.1, 0.15) is 13.3 Å². The zero-order chi connectivity index (χ0) is 16.8. The molecule has 0 bridgehead atoms. The Morgan fingerprint density at radius 2 is 2.00 bits per heavy atom. The van der Waals surface area contributed by atoms with Crippen molar-refractivity contribution >= 4 is 5.96 Å². The first-order valence-electron chi connectivity index (χ1n) is 8.57. The summed E-state index contributed by atoms with van der Waals surface area (Å²) in [5.74, 6) is 1.43. The third kappa shape index (κ3) is 10.5. The van der Waals surface area contributed by atoms with Gasteiger partial charge >= 0.3 is 0 Å². The Kier molecular flexibility index (Phi) is 11.9. The summed E-state index contributed by atoms with van der Waals surface area (Å²) in [5, 5.41) is 6.70. The Morgan fingerprint density at radius 3 is 2.70 bits per heavy atom. The third-order valence-corrected chi connectivity index (χ3v) is 3.70. The maximum atomic E-state index is 5.43. The van der Waals surface area contributed by atoms with Gasteiger partial charge in [0.2, 0.25) is 0 Å². The summed E-state index contributed by atoms with van der Waals surface area (Å²) >= 11 is 0. The summed E-state index contributed by atoms with van der Waals surface area (Å²) in [6.07, 6.45) is 0.952. The Bertz CT molecular complexity index is 310. The zero-order valence-electron chi connectivity index (χ0n) is 15.0. The van der Waals surface area contributed by atoms with Crippen molar-refractivity contribution in [1.29, 1.82) is 0 Å². The molecule has 0 aliphatic carbocycles. The van der Waals surface area contributed by atoms with Crippen molar-refractivity contribution in [2.45, 2.75) is 13.3 Å². The van der Waals surface area contributed by atoms with Gasteiger partial charge in [0.1, 0.15) is 0 Å². The molecule has 0 aromatic heterocycles. The van der Waals surface area contributed by atoms with E-state index < -0.39 is 0 Å². The quantitative estimate of drug-likeness (QED) is 0.320. The standard InChI is InChI=1S/C16H34N4O3/c1-15(14-20-6-9-23-10-7-20)13-19-16(17-2)18-5-4-8-22-12-11-21-3/h15H,4-14H2,1-3H3,(H2,17,18,19). The number of morpholine rings is 1. The van der Waals surface area contributed by atoms with Crippen LogP contribution in [0.15, 0.2) is 4.99 Å². The summed E-state index contributed by atoms with van der Waals surface area (Å²) in [7, 11) is 3.48. The lowest BCUT2D eigenvalue weighted by atomic mass is 10.1. The van der Waals surface area contributed by atoms with Gasteiger partial charge in [-0.05, 0) is 12.3 Å². The SMILES string of the molecule is CN=C(NCCCOCCOC)NCC(C)CN1CCOCC1. The topological polar surface area (TPSA) is 67.4 Å². The number of methoxy groups -OCH3 is 1. The predicted octanol–water partition coefficient (Wildman–Crippen LogP) is 0.173. The highest BCUT2D eigenvalue weighted by Gasteiger charge is 2.13. The van der Waals surface area contributed by atoms with Crippen LogP contribution in [0.4, 0.5) is 0 Å². The van der Waals surface area contributed by atoms with Crippen LogP contribution < -0.4 is 10.6 Å². The average molecular weight is 330 g/mol. The Hall–Kier alpha value is -0.890. The highest BCUT2D eigenvalue weighted by molar-refractivity contribution is 5.79. The minimum atomic E-state index is 0.573. The van der Waals surface area contributed by atoms with Crippen molar-refractivity contribution in [3.63, 3.8) is 0 Å². The van der Waals surface area contributed by atoms with Gasteiger partial charge in [-0.15, -0.1) is 0 Å². The zero-order valence-corrected chi connectivity index (χ0v) is 15.0. The molecule has 1 fully saturated rings. The molecule has 0 aromatic rings. The molecule has 23 heavy (non-hydrogen) atoms. The number of nitrogens with zero attached hydrogens (tertiary/aromatic N) is 2. The summed E-state index contributed by atoms with van der Waals surface area (Å²) in [5.41, 5.74) is 0. The molecule has 1 rings (SSSR count). The van der Waals surface area contributed by atoms with E-state index in [0.717, 1.165) is 64.9 Å². The second-order valence-corrected chi connectivity index (χ2v) is 5.86. The highest BCUT2D eigenvalue weighted by Crippen LogP contribution is 2.02. The van der Waals surface area contributed by atoms with E-state index in [2.05, 4.69) is 27.4 Å². The van der Waals surface area contributed by atoms with E-state index in [-0.39, 0.29) is 0 Å². The Morgan fingerprint density at radius 1 is 1.22 bits per heavy atom. The fourth-order valence-corrected chi connectivity index (χ4v) is 2.41. The van der Waals surface area contributed by atoms with E-state index in [1.807, 2.05) is 0 Å². The van der Waals surface area contributed by atoms with E-state index in [0.29, 0.717) is 19.1 Å². The maximum absolute atomic E-state index is 5.43. The smallest absolute Gasteiger partial charge is 0.190 e. The summed E-state index contributed by atoms with van der Waals surface area (Å²) in [6.45, 7) is 11.0. The molecule has 7 nitrogen and oxygen atoms in total. The van der Waals surface area contributed by atoms with E-state index in [1.165, 1.54) is 0 Å². The molecule has 1 heterocycles. The van der Waals surface area contributed by atoms with Crippen LogP contribution in [-0.4, -0.2) is 90.8 Å². The number of ether oxygens (including phenoxy) is 3. The van der Waals surface area contributed by atoms with Gasteiger partial charge in [-0.2, -0.15) is 0 Å². The van der Waals surface area contributed by atoms with E-state index in [1.54, 1.807) is 14.2 Å². The minimum absolute atomic E-state index is 0.573. The fourth-order valence-electron chi connectivity index (χ4n) is 2.41. The van der Waals surface area contributed by atoms with Crippen molar-refractivity contribution in [2.24, 2.45) is 10.9 Å². The molecule has 0 aromatic carbocycles. The van der Waals surface area contributed by atoms with Crippen LogP contribution in [0.2, 0.25) is 0 Å². The van der Waals surface area contributed by atoms with Crippen molar-refractivity contribution in [1.82, 2.24) is 15.5 Å². The molecule has 0 amide bonds. The summed E-state index contributed by atoms with van der Waals surface area (Å²) in [6, 6.07) is 0. The largest absolute Gasteiger partial charge is 0.382 e. The number of hydrogen-bond acceptors (Lipinski definition) is 5. The van der Waals surface area contributed by atoms with E-state index >= 15 is 0 Å². The molecule has 0 radical (unpaired) electrons. The lowest BCUT2D eigenvalue weighted by Crippen LogP contribution is -2.44. The van der Waals surface area contributed by atoms with Gasteiger partial charge < -0.3 is 24.8 Å².